The molecular formula is C14H19NO3. The van der Waals surface area contributed by atoms with Gasteiger partial charge in [0.1, 0.15) is 0 Å². The highest BCUT2D eigenvalue weighted by atomic mass is 16.4. The topological polar surface area (TPSA) is 66.4 Å². The van der Waals surface area contributed by atoms with Gasteiger partial charge in [0, 0.05) is 5.54 Å². The summed E-state index contributed by atoms with van der Waals surface area (Å²) in [7, 11) is 0. The third-order valence-corrected chi connectivity index (χ3v) is 4.93. The number of rotatable bonds is 3. The lowest BCUT2D eigenvalue weighted by Gasteiger charge is -2.40. The van der Waals surface area contributed by atoms with E-state index in [2.05, 4.69) is 5.32 Å². The number of allylic oxidation sites excluding steroid dienone is 2. The van der Waals surface area contributed by atoms with Gasteiger partial charge in [-0.15, -0.1) is 0 Å². The third kappa shape index (κ3) is 1.66. The molecule has 18 heavy (non-hydrogen) atoms. The number of carboxylic acid groups (broad SMARTS) is 1. The molecule has 0 aromatic heterocycles. The summed E-state index contributed by atoms with van der Waals surface area (Å²) in [5, 5.41) is 12.4. The number of aliphatic carboxylic acids is 1. The molecule has 0 aromatic rings. The second-order valence-electron chi connectivity index (χ2n) is 6.24. The van der Waals surface area contributed by atoms with Gasteiger partial charge in [0.25, 0.3) is 0 Å². The van der Waals surface area contributed by atoms with E-state index in [-0.39, 0.29) is 29.2 Å². The predicted molar refractivity (Wildman–Crippen MR) is 65.8 cm³/mol. The van der Waals surface area contributed by atoms with Crippen LogP contribution < -0.4 is 5.32 Å². The average Bonchev–Trinajstić information content (AvgIpc) is 2.85. The Balaban J connectivity index is 1.76. The molecule has 3 aliphatic rings. The lowest BCUT2D eigenvalue weighted by Crippen LogP contribution is -2.54. The smallest absolute Gasteiger partial charge is 0.307 e. The SMILES string of the molecule is CC1(NC(=O)[C@H]2C3C=CC(C3)[C@H]2C(=O)O)CCC1. The summed E-state index contributed by atoms with van der Waals surface area (Å²) in [5.74, 6) is -1.59. The van der Waals surface area contributed by atoms with E-state index in [1.807, 2.05) is 19.1 Å². The van der Waals surface area contributed by atoms with Crippen molar-refractivity contribution in [1.82, 2.24) is 5.32 Å². The van der Waals surface area contributed by atoms with Crippen LogP contribution in [-0.2, 0) is 9.59 Å². The van der Waals surface area contributed by atoms with Crippen LogP contribution in [0.15, 0.2) is 12.2 Å². The molecule has 0 aromatic carbocycles. The summed E-state index contributed by atoms with van der Waals surface area (Å²) >= 11 is 0. The minimum atomic E-state index is -0.828. The molecule has 2 unspecified atom stereocenters. The molecule has 4 nitrogen and oxygen atoms in total. The van der Waals surface area contributed by atoms with Crippen LogP contribution in [0.5, 0.6) is 0 Å². The zero-order valence-electron chi connectivity index (χ0n) is 10.6. The van der Waals surface area contributed by atoms with Crippen LogP contribution in [0.2, 0.25) is 0 Å². The summed E-state index contributed by atoms with van der Waals surface area (Å²) in [6, 6.07) is 0. The van der Waals surface area contributed by atoms with Crippen molar-refractivity contribution in [1.29, 1.82) is 0 Å². The van der Waals surface area contributed by atoms with Gasteiger partial charge in [-0.25, -0.2) is 0 Å². The number of hydrogen-bond donors (Lipinski definition) is 2. The Morgan fingerprint density at radius 1 is 1.22 bits per heavy atom. The van der Waals surface area contributed by atoms with Gasteiger partial charge in [0.15, 0.2) is 0 Å². The molecule has 2 N–H and O–H groups in total. The van der Waals surface area contributed by atoms with Gasteiger partial charge in [0.05, 0.1) is 11.8 Å². The summed E-state index contributed by atoms with van der Waals surface area (Å²) in [6.07, 6.45) is 7.98. The number of carbonyl (C=O) groups is 2. The van der Waals surface area contributed by atoms with E-state index >= 15 is 0 Å². The van der Waals surface area contributed by atoms with Crippen LogP contribution in [0.1, 0.15) is 32.6 Å². The Morgan fingerprint density at radius 2 is 1.83 bits per heavy atom. The fourth-order valence-corrected chi connectivity index (χ4v) is 3.73. The van der Waals surface area contributed by atoms with Crippen LogP contribution in [-0.4, -0.2) is 22.5 Å². The van der Waals surface area contributed by atoms with Gasteiger partial charge in [-0.05, 0) is 44.4 Å². The summed E-state index contributed by atoms with van der Waals surface area (Å²) in [4.78, 5) is 23.7. The fourth-order valence-electron chi connectivity index (χ4n) is 3.73. The largest absolute Gasteiger partial charge is 0.481 e. The highest BCUT2D eigenvalue weighted by molar-refractivity contribution is 5.87. The molecule has 0 spiro atoms. The van der Waals surface area contributed by atoms with Crippen molar-refractivity contribution in [3.05, 3.63) is 12.2 Å². The zero-order chi connectivity index (χ0) is 12.9. The van der Waals surface area contributed by atoms with E-state index in [0.29, 0.717) is 0 Å². The maximum Gasteiger partial charge on any atom is 0.307 e. The number of amides is 1. The molecule has 2 bridgehead atoms. The summed E-state index contributed by atoms with van der Waals surface area (Å²) in [6.45, 7) is 2.05. The van der Waals surface area contributed by atoms with Gasteiger partial charge in [-0.3, -0.25) is 9.59 Å². The Labute approximate surface area is 106 Å². The number of nitrogens with one attached hydrogen (secondary N) is 1. The first-order valence-corrected chi connectivity index (χ1v) is 6.73. The third-order valence-electron chi connectivity index (χ3n) is 4.93. The first-order valence-electron chi connectivity index (χ1n) is 6.73. The van der Waals surface area contributed by atoms with Crippen LogP contribution in [0.4, 0.5) is 0 Å². The van der Waals surface area contributed by atoms with E-state index in [1.54, 1.807) is 0 Å². The van der Waals surface area contributed by atoms with Gasteiger partial charge < -0.3 is 10.4 Å². The van der Waals surface area contributed by atoms with E-state index in [9.17, 15) is 14.7 Å². The normalized spacial score (nSPS) is 39.4. The minimum Gasteiger partial charge on any atom is -0.481 e. The van der Waals surface area contributed by atoms with Crippen molar-refractivity contribution in [3.63, 3.8) is 0 Å². The molecule has 0 heterocycles. The number of fused-ring (bicyclic) bond motifs is 2. The minimum absolute atomic E-state index is 0.0532. The van der Waals surface area contributed by atoms with Gasteiger partial charge >= 0.3 is 5.97 Å². The molecule has 3 aliphatic carbocycles. The molecule has 4 heteroatoms. The lowest BCUT2D eigenvalue weighted by molar-refractivity contribution is -0.148. The lowest BCUT2D eigenvalue weighted by atomic mass is 9.76. The molecule has 0 saturated heterocycles. The van der Waals surface area contributed by atoms with E-state index in [1.165, 1.54) is 0 Å². The van der Waals surface area contributed by atoms with Crippen LogP contribution in [0, 0.1) is 23.7 Å². The Kier molecular flexibility index (Phi) is 2.50. The summed E-state index contributed by atoms with van der Waals surface area (Å²) in [5.41, 5.74) is -0.0916. The maximum absolute atomic E-state index is 12.4. The van der Waals surface area contributed by atoms with E-state index in [0.717, 1.165) is 25.7 Å². The van der Waals surface area contributed by atoms with Crippen molar-refractivity contribution in [2.24, 2.45) is 23.7 Å². The predicted octanol–water partition coefficient (Wildman–Crippen LogP) is 1.57. The van der Waals surface area contributed by atoms with Crippen molar-refractivity contribution in [3.8, 4) is 0 Å². The van der Waals surface area contributed by atoms with Crippen LogP contribution in [0.3, 0.4) is 0 Å². The molecule has 1 amide bonds. The van der Waals surface area contributed by atoms with Gasteiger partial charge in [-0.2, -0.15) is 0 Å². The van der Waals surface area contributed by atoms with Crippen LogP contribution in [0.25, 0.3) is 0 Å². The molecule has 98 valence electrons. The number of carbonyl (C=O) groups excluding carboxylic acids is 1. The second-order valence-corrected chi connectivity index (χ2v) is 6.24. The maximum atomic E-state index is 12.4. The molecular weight excluding hydrogens is 230 g/mol. The first kappa shape index (κ1) is 11.8. The highest BCUT2D eigenvalue weighted by Gasteiger charge is 2.52. The quantitative estimate of drug-likeness (QED) is 0.746. The molecule has 0 radical (unpaired) electrons. The zero-order valence-corrected chi connectivity index (χ0v) is 10.6. The average molecular weight is 249 g/mol. The first-order chi connectivity index (χ1) is 8.50. The van der Waals surface area contributed by atoms with Crippen molar-refractivity contribution >= 4 is 11.9 Å². The number of hydrogen-bond acceptors (Lipinski definition) is 2. The molecule has 3 rings (SSSR count). The standard InChI is InChI=1S/C14H19NO3/c1-14(5-2-6-14)15-12(16)10-8-3-4-9(7-8)11(10)13(17)18/h3-4,8-11H,2,5-7H2,1H3,(H,15,16)(H,17,18)/t8?,9?,10-,11+/m0/s1. The Hall–Kier alpha value is -1.32. The fraction of sp³-hybridized carbons (Fsp3) is 0.714. The summed E-state index contributed by atoms with van der Waals surface area (Å²) < 4.78 is 0. The van der Waals surface area contributed by atoms with Crippen molar-refractivity contribution in [2.45, 2.75) is 38.1 Å². The van der Waals surface area contributed by atoms with Crippen LogP contribution >= 0.6 is 0 Å². The van der Waals surface area contributed by atoms with Gasteiger partial charge in [0.2, 0.25) is 5.91 Å². The molecule has 4 atom stereocenters. The van der Waals surface area contributed by atoms with Gasteiger partial charge in [-0.1, -0.05) is 12.2 Å². The van der Waals surface area contributed by atoms with E-state index in [4.69, 9.17) is 0 Å². The van der Waals surface area contributed by atoms with Crippen molar-refractivity contribution in [2.75, 3.05) is 0 Å². The monoisotopic (exact) mass is 249 g/mol. The highest BCUT2D eigenvalue weighted by Crippen LogP contribution is 2.48. The Bertz CT molecular complexity index is 425. The molecule has 0 aliphatic heterocycles. The number of carboxylic acids is 1. The molecule has 2 saturated carbocycles. The Morgan fingerprint density at radius 3 is 2.33 bits per heavy atom. The van der Waals surface area contributed by atoms with Crippen molar-refractivity contribution < 1.29 is 14.7 Å². The molecule has 2 fully saturated rings. The van der Waals surface area contributed by atoms with E-state index < -0.39 is 11.9 Å². The second kappa shape index (κ2) is 3.84.